The van der Waals surface area contributed by atoms with Gasteiger partial charge in [0, 0.05) is 6.08 Å². The van der Waals surface area contributed by atoms with Gasteiger partial charge in [-0.25, -0.2) is 4.79 Å². The first kappa shape index (κ1) is 15.2. The first-order chi connectivity index (χ1) is 7.63. The highest BCUT2D eigenvalue weighted by molar-refractivity contribution is 5.79. The van der Waals surface area contributed by atoms with Crippen LogP contribution in [0.2, 0.25) is 0 Å². The molecule has 0 aliphatic rings. The highest BCUT2D eigenvalue weighted by atomic mass is 16.4. The Kier molecular flexibility index (Phi) is 10.1. The number of hydrogen-bond donors (Lipinski definition) is 2. The lowest BCUT2D eigenvalue weighted by atomic mass is 10.1. The standard InChI is InChI=1S/C13H24O3/c1-12(14)10-8-6-4-2-3-5-7-9-11-13(15)16/h9,11-12,14H,2-8,10H2,1H3,(H,15,16)/b11-9+/t12-/m1/s1. The predicted octanol–water partition coefficient (Wildman–Crippen LogP) is 3.13. The molecule has 0 aliphatic heterocycles. The zero-order valence-electron chi connectivity index (χ0n) is 10.2. The molecule has 0 unspecified atom stereocenters. The van der Waals surface area contributed by atoms with Gasteiger partial charge in [-0.1, -0.05) is 38.2 Å². The number of aliphatic hydroxyl groups excluding tert-OH is 1. The van der Waals surface area contributed by atoms with Crippen LogP contribution in [-0.2, 0) is 4.79 Å². The molecule has 0 saturated carbocycles. The van der Waals surface area contributed by atoms with E-state index in [2.05, 4.69) is 0 Å². The number of carboxylic acid groups (broad SMARTS) is 1. The molecule has 0 aromatic carbocycles. The Morgan fingerprint density at radius 1 is 1.12 bits per heavy atom. The molecule has 0 bridgehead atoms. The second-order valence-corrected chi connectivity index (χ2v) is 4.29. The van der Waals surface area contributed by atoms with Crippen molar-refractivity contribution in [2.45, 2.75) is 64.4 Å². The summed E-state index contributed by atoms with van der Waals surface area (Å²) in [5.41, 5.74) is 0. The second kappa shape index (κ2) is 10.7. The van der Waals surface area contributed by atoms with Crippen LogP contribution in [0.5, 0.6) is 0 Å². The molecule has 0 saturated heterocycles. The highest BCUT2D eigenvalue weighted by Gasteiger charge is 1.95. The minimum absolute atomic E-state index is 0.166. The van der Waals surface area contributed by atoms with Gasteiger partial charge >= 0.3 is 5.97 Å². The van der Waals surface area contributed by atoms with E-state index in [-0.39, 0.29) is 6.10 Å². The van der Waals surface area contributed by atoms with E-state index in [4.69, 9.17) is 10.2 Å². The molecule has 0 spiro atoms. The van der Waals surface area contributed by atoms with E-state index in [9.17, 15) is 4.79 Å². The molecule has 1 atom stereocenters. The number of hydrogen-bond acceptors (Lipinski definition) is 2. The lowest BCUT2D eigenvalue weighted by Gasteiger charge is -2.03. The van der Waals surface area contributed by atoms with Crippen LogP contribution in [0.4, 0.5) is 0 Å². The fourth-order valence-electron chi connectivity index (χ4n) is 1.59. The molecule has 2 N–H and O–H groups in total. The van der Waals surface area contributed by atoms with Crippen molar-refractivity contribution in [3.63, 3.8) is 0 Å². The summed E-state index contributed by atoms with van der Waals surface area (Å²) in [6.45, 7) is 1.83. The number of aliphatic hydroxyl groups is 1. The summed E-state index contributed by atoms with van der Waals surface area (Å²) in [5.74, 6) is -0.863. The largest absolute Gasteiger partial charge is 0.478 e. The van der Waals surface area contributed by atoms with Crippen LogP contribution in [0, 0.1) is 0 Å². The van der Waals surface area contributed by atoms with Crippen LogP contribution in [-0.4, -0.2) is 22.3 Å². The minimum Gasteiger partial charge on any atom is -0.478 e. The van der Waals surface area contributed by atoms with Gasteiger partial charge in [-0.05, 0) is 26.2 Å². The van der Waals surface area contributed by atoms with Crippen molar-refractivity contribution in [3.05, 3.63) is 12.2 Å². The van der Waals surface area contributed by atoms with Crippen molar-refractivity contribution in [2.24, 2.45) is 0 Å². The fourth-order valence-corrected chi connectivity index (χ4v) is 1.59. The van der Waals surface area contributed by atoms with Crippen LogP contribution in [0.1, 0.15) is 58.3 Å². The number of aliphatic carboxylic acids is 1. The van der Waals surface area contributed by atoms with Gasteiger partial charge in [0.15, 0.2) is 0 Å². The third-order valence-corrected chi connectivity index (χ3v) is 2.50. The number of carbonyl (C=O) groups is 1. The molecule has 0 aliphatic carbocycles. The van der Waals surface area contributed by atoms with Gasteiger partial charge in [-0.3, -0.25) is 0 Å². The molecule has 0 rings (SSSR count). The Balaban J connectivity index is 3.07. The number of unbranched alkanes of at least 4 members (excludes halogenated alkanes) is 6. The normalized spacial score (nSPS) is 13.1. The van der Waals surface area contributed by atoms with Gasteiger partial charge in [0.25, 0.3) is 0 Å². The first-order valence-electron chi connectivity index (χ1n) is 6.20. The van der Waals surface area contributed by atoms with Gasteiger partial charge in [-0.2, -0.15) is 0 Å². The summed E-state index contributed by atoms with van der Waals surface area (Å²) < 4.78 is 0. The Morgan fingerprint density at radius 3 is 2.25 bits per heavy atom. The van der Waals surface area contributed by atoms with Crippen molar-refractivity contribution in [3.8, 4) is 0 Å². The molecule has 0 aromatic heterocycles. The number of carboxylic acids is 1. The Labute approximate surface area is 98.2 Å². The lowest BCUT2D eigenvalue weighted by molar-refractivity contribution is -0.131. The minimum atomic E-state index is -0.863. The monoisotopic (exact) mass is 228 g/mol. The molecular weight excluding hydrogens is 204 g/mol. The molecule has 0 fully saturated rings. The van der Waals surface area contributed by atoms with E-state index in [1.165, 1.54) is 31.8 Å². The second-order valence-electron chi connectivity index (χ2n) is 4.29. The van der Waals surface area contributed by atoms with Crippen molar-refractivity contribution < 1.29 is 15.0 Å². The van der Waals surface area contributed by atoms with Crippen molar-refractivity contribution >= 4 is 5.97 Å². The van der Waals surface area contributed by atoms with Crippen LogP contribution < -0.4 is 0 Å². The van der Waals surface area contributed by atoms with E-state index < -0.39 is 5.97 Å². The van der Waals surface area contributed by atoms with Crippen LogP contribution >= 0.6 is 0 Å². The smallest absolute Gasteiger partial charge is 0.327 e. The molecule has 0 radical (unpaired) electrons. The molecule has 3 nitrogen and oxygen atoms in total. The fraction of sp³-hybridized carbons (Fsp3) is 0.769. The van der Waals surface area contributed by atoms with Crippen molar-refractivity contribution in [2.75, 3.05) is 0 Å². The summed E-state index contributed by atoms with van der Waals surface area (Å²) in [6, 6.07) is 0. The average molecular weight is 228 g/mol. The maximum absolute atomic E-state index is 10.2. The topological polar surface area (TPSA) is 57.5 Å². The first-order valence-corrected chi connectivity index (χ1v) is 6.20. The van der Waals surface area contributed by atoms with Crippen LogP contribution in [0.15, 0.2) is 12.2 Å². The Bertz CT molecular complexity index is 197. The number of allylic oxidation sites excluding steroid dienone is 1. The zero-order chi connectivity index (χ0) is 12.2. The average Bonchev–Trinajstić information content (AvgIpc) is 2.20. The van der Waals surface area contributed by atoms with Crippen LogP contribution in [0.3, 0.4) is 0 Å². The van der Waals surface area contributed by atoms with E-state index in [0.29, 0.717) is 0 Å². The van der Waals surface area contributed by atoms with E-state index >= 15 is 0 Å². The van der Waals surface area contributed by atoms with Gasteiger partial charge in [-0.15, -0.1) is 0 Å². The molecule has 0 heterocycles. The molecule has 3 heteroatoms. The van der Waals surface area contributed by atoms with Gasteiger partial charge in [0.05, 0.1) is 6.10 Å². The molecule has 16 heavy (non-hydrogen) atoms. The SMILES string of the molecule is C[C@@H](O)CCCCCCCC/C=C/C(=O)O. The summed E-state index contributed by atoms with van der Waals surface area (Å²) in [4.78, 5) is 10.2. The molecule has 0 aromatic rings. The summed E-state index contributed by atoms with van der Waals surface area (Å²) in [5, 5.41) is 17.4. The van der Waals surface area contributed by atoms with Gasteiger partial charge in [0.1, 0.15) is 0 Å². The quantitative estimate of drug-likeness (QED) is 0.446. The molecule has 94 valence electrons. The third kappa shape index (κ3) is 13.2. The molecular formula is C13H24O3. The molecule has 0 amide bonds. The number of rotatable bonds is 10. The van der Waals surface area contributed by atoms with Crippen molar-refractivity contribution in [1.82, 2.24) is 0 Å². The van der Waals surface area contributed by atoms with Crippen LogP contribution in [0.25, 0.3) is 0 Å². The van der Waals surface area contributed by atoms with Crippen molar-refractivity contribution in [1.29, 1.82) is 0 Å². The predicted molar refractivity (Wildman–Crippen MR) is 65.4 cm³/mol. The van der Waals surface area contributed by atoms with Gasteiger partial charge in [0.2, 0.25) is 0 Å². The van der Waals surface area contributed by atoms with Gasteiger partial charge < -0.3 is 10.2 Å². The maximum Gasteiger partial charge on any atom is 0.327 e. The maximum atomic E-state index is 10.2. The summed E-state index contributed by atoms with van der Waals surface area (Å²) in [7, 11) is 0. The van der Waals surface area contributed by atoms with E-state index in [0.717, 1.165) is 25.7 Å². The Morgan fingerprint density at radius 2 is 1.69 bits per heavy atom. The van der Waals surface area contributed by atoms with E-state index in [1.54, 1.807) is 6.08 Å². The van der Waals surface area contributed by atoms with E-state index in [1.807, 2.05) is 6.92 Å². The Hall–Kier alpha value is -0.830. The lowest BCUT2D eigenvalue weighted by Crippen LogP contribution is -1.98. The summed E-state index contributed by atoms with van der Waals surface area (Å²) in [6.07, 6.45) is 11.5. The zero-order valence-corrected chi connectivity index (χ0v) is 10.2. The summed E-state index contributed by atoms with van der Waals surface area (Å²) >= 11 is 0. The highest BCUT2D eigenvalue weighted by Crippen LogP contribution is 2.09. The third-order valence-electron chi connectivity index (χ3n) is 2.50.